The van der Waals surface area contributed by atoms with Crippen LogP contribution >= 0.6 is 0 Å². The maximum Gasteiger partial charge on any atom is 0.150 e. The molecule has 0 atom stereocenters. The zero-order chi connectivity index (χ0) is 36.0. The Labute approximate surface area is 309 Å². The summed E-state index contributed by atoms with van der Waals surface area (Å²) in [6, 6.07) is 64.0. The molecule has 0 aliphatic heterocycles. The minimum atomic E-state index is 0.613. The van der Waals surface area contributed by atoms with E-state index in [2.05, 4.69) is 131 Å². The second-order valence-electron chi connectivity index (χ2n) is 12.8. The lowest BCUT2D eigenvalue weighted by Gasteiger charge is -2.26. The average molecular weight is 683 g/mol. The van der Waals surface area contributed by atoms with Gasteiger partial charge >= 0.3 is 0 Å². The van der Waals surface area contributed by atoms with Crippen LogP contribution in [0, 0.1) is 0 Å². The SMILES string of the molecule is O=Cc1ccc(N(c2ccc(C=O)cc2)c2ccc(-c3cccc(-c4cccc(-c5cccc(-c6cccc(-c7ccccn7)c6)c5)c4)c3)cc2)cc1. The van der Waals surface area contributed by atoms with E-state index in [1.54, 1.807) is 0 Å². The van der Waals surface area contributed by atoms with Crippen LogP contribution in [-0.4, -0.2) is 17.6 Å². The number of carbonyl (C=O) groups excluding carboxylic acids is 2. The maximum absolute atomic E-state index is 11.3. The van der Waals surface area contributed by atoms with Crippen molar-refractivity contribution in [1.82, 2.24) is 4.98 Å². The Morgan fingerprint density at radius 2 is 0.698 bits per heavy atom. The number of aldehydes is 2. The van der Waals surface area contributed by atoms with Gasteiger partial charge in [-0.1, -0.05) is 91.0 Å². The van der Waals surface area contributed by atoms with Crippen LogP contribution in [0.5, 0.6) is 0 Å². The van der Waals surface area contributed by atoms with E-state index in [4.69, 9.17) is 0 Å². The van der Waals surface area contributed by atoms with Gasteiger partial charge in [0.25, 0.3) is 0 Å². The highest BCUT2D eigenvalue weighted by molar-refractivity contribution is 5.84. The maximum atomic E-state index is 11.3. The van der Waals surface area contributed by atoms with Gasteiger partial charge in [0.05, 0.1) is 5.69 Å². The third kappa shape index (κ3) is 7.21. The van der Waals surface area contributed by atoms with Crippen LogP contribution in [0.15, 0.2) is 194 Å². The van der Waals surface area contributed by atoms with Gasteiger partial charge in [-0.05, 0) is 142 Å². The number of anilines is 3. The van der Waals surface area contributed by atoms with E-state index in [9.17, 15) is 9.59 Å². The second kappa shape index (κ2) is 15.0. The number of nitrogens with zero attached hydrogens (tertiary/aromatic N) is 2. The Bertz CT molecular complexity index is 2470. The summed E-state index contributed by atoms with van der Waals surface area (Å²) in [6.45, 7) is 0. The van der Waals surface area contributed by atoms with Crippen LogP contribution in [0.2, 0.25) is 0 Å². The topological polar surface area (TPSA) is 50.3 Å². The van der Waals surface area contributed by atoms with Gasteiger partial charge in [0.1, 0.15) is 12.6 Å². The average Bonchev–Trinajstić information content (AvgIpc) is 3.25. The summed E-state index contributed by atoms with van der Waals surface area (Å²) in [5, 5.41) is 0. The lowest BCUT2D eigenvalue weighted by Crippen LogP contribution is -2.10. The van der Waals surface area contributed by atoms with Crippen molar-refractivity contribution in [2.75, 3.05) is 4.90 Å². The third-order valence-corrected chi connectivity index (χ3v) is 9.44. The number of hydrogen-bond acceptors (Lipinski definition) is 4. The Morgan fingerprint density at radius 3 is 1.08 bits per heavy atom. The highest BCUT2D eigenvalue weighted by Crippen LogP contribution is 2.37. The molecule has 8 rings (SSSR count). The van der Waals surface area contributed by atoms with Crippen molar-refractivity contribution in [3.8, 4) is 55.8 Å². The van der Waals surface area contributed by atoms with Gasteiger partial charge in [0.15, 0.2) is 0 Å². The predicted octanol–water partition coefficient (Wildman–Crippen LogP) is 12.5. The van der Waals surface area contributed by atoms with Gasteiger partial charge in [-0.25, -0.2) is 0 Å². The van der Waals surface area contributed by atoms with Gasteiger partial charge in [0, 0.05) is 39.9 Å². The van der Waals surface area contributed by atoms with Gasteiger partial charge in [-0.3, -0.25) is 14.6 Å². The van der Waals surface area contributed by atoms with E-state index < -0.39 is 0 Å². The van der Waals surface area contributed by atoms with Crippen molar-refractivity contribution in [2.45, 2.75) is 0 Å². The molecule has 252 valence electrons. The fourth-order valence-electron chi connectivity index (χ4n) is 6.68. The summed E-state index contributed by atoms with van der Waals surface area (Å²) in [5.74, 6) is 0. The van der Waals surface area contributed by atoms with E-state index >= 15 is 0 Å². The molecule has 0 aliphatic rings. The molecule has 7 aromatic carbocycles. The zero-order valence-electron chi connectivity index (χ0n) is 28.8. The summed E-state index contributed by atoms with van der Waals surface area (Å²) in [6.07, 6.45) is 3.51. The highest BCUT2D eigenvalue weighted by Gasteiger charge is 2.14. The molecule has 0 unspecified atom stereocenters. The molecule has 4 nitrogen and oxygen atoms in total. The first-order valence-electron chi connectivity index (χ1n) is 17.5. The number of benzene rings is 7. The number of pyridine rings is 1. The van der Waals surface area contributed by atoms with Gasteiger partial charge in [-0.2, -0.15) is 0 Å². The Kier molecular flexibility index (Phi) is 9.33. The molecule has 0 aliphatic carbocycles. The minimum absolute atomic E-state index is 0.613. The summed E-state index contributed by atoms with van der Waals surface area (Å²) in [5.41, 5.74) is 15.2. The normalized spacial score (nSPS) is 10.8. The van der Waals surface area contributed by atoms with Gasteiger partial charge in [-0.15, -0.1) is 0 Å². The number of rotatable bonds is 10. The molecule has 0 fully saturated rings. The summed E-state index contributed by atoms with van der Waals surface area (Å²) >= 11 is 0. The quantitative estimate of drug-likeness (QED) is 0.135. The summed E-state index contributed by atoms with van der Waals surface area (Å²) in [4.78, 5) is 29.3. The lowest BCUT2D eigenvalue weighted by atomic mass is 9.94. The van der Waals surface area contributed by atoms with Gasteiger partial charge < -0.3 is 4.90 Å². The van der Waals surface area contributed by atoms with Crippen LogP contribution < -0.4 is 4.90 Å². The fourth-order valence-corrected chi connectivity index (χ4v) is 6.68. The first-order valence-corrected chi connectivity index (χ1v) is 17.5. The molecular weight excluding hydrogens is 649 g/mol. The van der Waals surface area contributed by atoms with Crippen molar-refractivity contribution in [1.29, 1.82) is 0 Å². The van der Waals surface area contributed by atoms with Crippen LogP contribution in [0.4, 0.5) is 17.1 Å². The monoisotopic (exact) mass is 682 g/mol. The molecule has 4 heteroatoms. The number of carbonyl (C=O) groups is 2. The van der Waals surface area contributed by atoms with Crippen molar-refractivity contribution in [3.05, 3.63) is 205 Å². The smallest absolute Gasteiger partial charge is 0.150 e. The van der Waals surface area contributed by atoms with E-state index in [1.807, 2.05) is 72.9 Å². The molecule has 0 N–H and O–H groups in total. The first kappa shape index (κ1) is 33.0. The van der Waals surface area contributed by atoms with Crippen molar-refractivity contribution >= 4 is 29.6 Å². The molecule has 0 amide bonds. The van der Waals surface area contributed by atoms with Crippen LogP contribution in [0.3, 0.4) is 0 Å². The fraction of sp³-hybridized carbons (Fsp3) is 0. The standard InChI is InChI=1S/C49H34N2O2/c52-33-35-16-22-46(23-17-35)51(47-24-18-36(34-53)19-25-47)48-26-20-37(21-27-48)38-7-3-8-39(29-38)40-9-4-10-41(30-40)42-11-5-12-43(31-42)44-13-6-14-45(32-44)49-15-1-2-28-50-49/h1-34H. The van der Waals surface area contributed by atoms with E-state index in [-0.39, 0.29) is 0 Å². The Morgan fingerprint density at radius 1 is 0.340 bits per heavy atom. The molecule has 0 radical (unpaired) electrons. The number of hydrogen-bond donors (Lipinski definition) is 0. The zero-order valence-corrected chi connectivity index (χ0v) is 28.8. The lowest BCUT2D eigenvalue weighted by molar-refractivity contribution is 0.111. The molecule has 53 heavy (non-hydrogen) atoms. The Hall–Kier alpha value is -7.17. The molecule has 8 aromatic rings. The van der Waals surface area contributed by atoms with Crippen molar-refractivity contribution in [3.63, 3.8) is 0 Å². The van der Waals surface area contributed by atoms with Crippen LogP contribution in [0.25, 0.3) is 55.8 Å². The summed E-state index contributed by atoms with van der Waals surface area (Å²) in [7, 11) is 0. The van der Waals surface area contributed by atoms with E-state index in [0.29, 0.717) is 11.1 Å². The van der Waals surface area contributed by atoms with Gasteiger partial charge in [0.2, 0.25) is 0 Å². The van der Waals surface area contributed by atoms with Crippen LogP contribution in [0.1, 0.15) is 20.7 Å². The van der Waals surface area contributed by atoms with Crippen molar-refractivity contribution < 1.29 is 9.59 Å². The van der Waals surface area contributed by atoms with E-state index in [1.165, 1.54) is 0 Å². The Balaban J connectivity index is 1.07. The predicted molar refractivity (Wildman–Crippen MR) is 217 cm³/mol. The molecule has 0 saturated carbocycles. The first-order chi connectivity index (χ1) is 26.1. The largest absolute Gasteiger partial charge is 0.311 e. The van der Waals surface area contributed by atoms with E-state index in [0.717, 1.165) is 85.4 Å². The molecule has 0 saturated heterocycles. The number of aromatic nitrogens is 1. The second-order valence-corrected chi connectivity index (χ2v) is 12.8. The summed E-state index contributed by atoms with van der Waals surface area (Å²) < 4.78 is 0. The molecular formula is C49H34N2O2. The van der Waals surface area contributed by atoms with Crippen molar-refractivity contribution in [2.24, 2.45) is 0 Å². The minimum Gasteiger partial charge on any atom is -0.311 e. The third-order valence-electron chi connectivity index (χ3n) is 9.44. The molecule has 1 heterocycles. The molecule has 0 spiro atoms. The highest BCUT2D eigenvalue weighted by atomic mass is 16.1. The molecule has 0 bridgehead atoms. The van der Waals surface area contributed by atoms with Crippen LogP contribution in [-0.2, 0) is 0 Å². The molecule has 1 aromatic heterocycles.